The van der Waals surface area contributed by atoms with Gasteiger partial charge in [-0.2, -0.15) is 0 Å². The summed E-state index contributed by atoms with van der Waals surface area (Å²) in [4.78, 5) is 11.4. The van der Waals surface area contributed by atoms with E-state index in [1.807, 2.05) is 7.85 Å². The number of phenols is 1. The maximum atomic E-state index is 11.4. The Kier molecular flexibility index (Phi) is 7.27. The first kappa shape index (κ1) is 18.7. The van der Waals surface area contributed by atoms with Gasteiger partial charge in [0.1, 0.15) is 31.0 Å². The van der Waals surface area contributed by atoms with Crippen LogP contribution in [0, 0.1) is 10.8 Å². The van der Waals surface area contributed by atoms with Crippen LogP contribution in [0.3, 0.4) is 0 Å². The van der Waals surface area contributed by atoms with Gasteiger partial charge in [-0.25, -0.2) is 4.79 Å². The van der Waals surface area contributed by atoms with Crippen molar-refractivity contribution in [1.82, 2.24) is 5.32 Å². The van der Waals surface area contributed by atoms with E-state index in [0.29, 0.717) is 18.5 Å². The van der Waals surface area contributed by atoms with E-state index in [-0.39, 0.29) is 35.4 Å². The molecule has 0 saturated heterocycles. The third kappa shape index (κ3) is 5.41. The Labute approximate surface area is 136 Å². The SMILES string of the molecule is BCCc1ccc(OC(C)CNCC(=N)C=N)c(C(=O)O)c1O. The molecule has 23 heavy (non-hydrogen) atoms. The molecule has 0 fully saturated rings. The number of carboxylic acids is 1. The van der Waals surface area contributed by atoms with E-state index >= 15 is 0 Å². The Morgan fingerprint density at radius 1 is 1.52 bits per heavy atom. The zero-order chi connectivity index (χ0) is 17.4. The van der Waals surface area contributed by atoms with E-state index in [2.05, 4.69) is 5.32 Å². The Morgan fingerprint density at radius 3 is 2.78 bits per heavy atom. The van der Waals surface area contributed by atoms with Crippen LogP contribution in [0.15, 0.2) is 12.1 Å². The van der Waals surface area contributed by atoms with Gasteiger partial charge in [0, 0.05) is 19.3 Å². The lowest BCUT2D eigenvalue weighted by atomic mass is 9.95. The first-order chi connectivity index (χ1) is 10.9. The van der Waals surface area contributed by atoms with Crippen molar-refractivity contribution in [3.05, 3.63) is 23.3 Å². The molecule has 1 atom stereocenters. The van der Waals surface area contributed by atoms with Gasteiger partial charge >= 0.3 is 5.97 Å². The van der Waals surface area contributed by atoms with Gasteiger partial charge in [0.2, 0.25) is 0 Å². The highest BCUT2D eigenvalue weighted by Gasteiger charge is 2.21. The summed E-state index contributed by atoms with van der Waals surface area (Å²) in [6.45, 7) is 2.38. The Bertz CT molecular complexity index is 592. The van der Waals surface area contributed by atoms with Crippen LogP contribution >= 0.6 is 0 Å². The minimum absolute atomic E-state index is 0.117. The van der Waals surface area contributed by atoms with Crippen LogP contribution in [0.25, 0.3) is 0 Å². The van der Waals surface area contributed by atoms with Crippen molar-refractivity contribution in [2.45, 2.75) is 25.8 Å². The van der Waals surface area contributed by atoms with Crippen molar-refractivity contribution in [2.75, 3.05) is 13.1 Å². The molecule has 1 rings (SSSR count). The van der Waals surface area contributed by atoms with Gasteiger partial charge in [0.25, 0.3) is 0 Å². The molecule has 1 aromatic carbocycles. The number of nitrogens with one attached hydrogen (secondary N) is 3. The summed E-state index contributed by atoms with van der Waals surface area (Å²) in [5.41, 5.74) is 0.502. The predicted octanol–water partition coefficient (Wildman–Crippen LogP) is 0.711. The molecule has 0 aliphatic heterocycles. The van der Waals surface area contributed by atoms with Crippen molar-refractivity contribution in [2.24, 2.45) is 0 Å². The molecule has 0 aliphatic carbocycles. The summed E-state index contributed by atoms with van der Waals surface area (Å²) in [6, 6.07) is 3.23. The molecule has 0 heterocycles. The second kappa shape index (κ2) is 8.94. The van der Waals surface area contributed by atoms with E-state index in [1.165, 1.54) is 0 Å². The number of aromatic hydroxyl groups is 1. The van der Waals surface area contributed by atoms with Crippen LogP contribution in [-0.4, -0.2) is 55.1 Å². The Balaban J connectivity index is 2.83. The molecule has 0 aromatic heterocycles. The van der Waals surface area contributed by atoms with Gasteiger partial charge in [-0.15, -0.1) is 0 Å². The van der Waals surface area contributed by atoms with Gasteiger partial charge in [-0.05, 0) is 25.0 Å². The number of rotatable bonds is 10. The molecule has 1 aromatic rings. The first-order valence-corrected chi connectivity index (χ1v) is 7.44. The monoisotopic (exact) mass is 319 g/mol. The zero-order valence-corrected chi connectivity index (χ0v) is 13.3. The van der Waals surface area contributed by atoms with Gasteiger partial charge in [-0.3, -0.25) is 0 Å². The van der Waals surface area contributed by atoms with Crippen LogP contribution in [0.4, 0.5) is 0 Å². The first-order valence-electron chi connectivity index (χ1n) is 7.44. The molecule has 1 unspecified atom stereocenters. The lowest BCUT2D eigenvalue weighted by Crippen LogP contribution is -2.33. The van der Waals surface area contributed by atoms with Crippen LogP contribution < -0.4 is 10.1 Å². The van der Waals surface area contributed by atoms with Gasteiger partial charge in [0.15, 0.2) is 0 Å². The average molecular weight is 319 g/mol. The van der Waals surface area contributed by atoms with Gasteiger partial charge < -0.3 is 31.1 Å². The van der Waals surface area contributed by atoms with Crippen molar-refractivity contribution in [3.8, 4) is 11.5 Å². The van der Waals surface area contributed by atoms with Crippen LogP contribution in [0.2, 0.25) is 6.32 Å². The highest BCUT2D eigenvalue weighted by Crippen LogP contribution is 2.32. The fraction of sp³-hybridized carbons (Fsp3) is 0.400. The smallest absolute Gasteiger partial charge is 0.343 e. The topological polar surface area (TPSA) is 126 Å². The van der Waals surface area contributed by atoms with E-state index in [4.69, 9.17) is 15.6 Å². The molecule has 0 spiro atoms. The minimum Gasteiger partial charge on any atom is -0.507 e. The van der Waals surface area contributed by atoms with Gasteiger partial charge in [-0.1, -0.05) is 12.4 Å². The molecular weight excluding hydrogens is 297 g/mol. The van der Waals surface area contributed by atoms with E-state index in [0.717, 1.165) is 12.5 Å². The highest BCUT2D eigenvalue weighted by molar-refractivity contribution is 6.28. The van der Waals surface area contributed by atoms with Gasteiger partial charge in [0.05, 0.1) is 5.71 Å². The normalized spacial score (nSPS) is 11.7. The van der Waals surface area contributed by atoms with Crippen LogP contribution in [0.5, 0.6) is 11.5 Å². The predicted molar refractivity (Wildman–Crippen MR) is 91.6 cm³/mol. The van der Waals surface area contributed by atoms with Crippen molar-refractivity contribution in [3.63, 3.8) is 0 Å². The summed E-state index contributed by atoms with van der Waals surface area (Å²) in [5.74, 6) is -1.37. The number of hydrogen-bond donors (Lipinski definition) is 5. The van der Waals surface area contributed by atoms with Crippen LogP contribution in [0.1, 0.15) is 22.8 Å². The fourth-order valence-electron chi connectivity index (χ4n) is 2.11. The molecule has 0 radical (unpaired) electrons. The Hall–Kier alpha value is -2.35. The lowest BCUT2D eigenvalue weighted by Gasteiger charge is -2.18. The van der Waals surface area contributed by atoms with Crippen molar-refractivity contribution < 1.29 is 19.7 Å². The Morgan fingerprint density at radius 2 is 2.22 bits per heavy atom. The molecule has 0 aliphatic rings. The summed E-state index contributed by atoms with van der Waals surface area (Å²) in [5, 5.41) is 36.6. The summed E-state index contributed by atoms with van der Waals surface area (Å²) < 4.78 is 5.61. The number of benzene rings is 1. The summed E-state index contributed by atoms with van der Waals surface area (Å²) in [7, 11) is 1.95. The standard InChI is InChI=1S/C15H22BN3O4/c1-9(7-19-8-11(18)6-17)23-12-3-2-10(4-5-16)14(20)13(12)15(21)22/h2-3,6,9,17-20H,4-5,7-8,16H2,1H3,(H,21,22). The maximum Gasteiger partial charge on any atom is 0.343 e. The van der Waals surface area contributed by atoms with Crippen LogP contribution in [-0.2, 0) is 6.42 Å². The molecule has 124 valence electrons. The van der Waals surface area contributed by atoms with E-state index in [9.17, 15) is 15.0 Å². The largest absolute Gasteiger partial charge is 0.507 e. The van der Waals surface area contributed by atoms with E-state index in [1.54, 1.807) is 19.1 Å². The lowest BCUT2D eigenvalue weighted by molar-refractivity contribution is 0.0686. The quantitative estimate of drug-likeness (QED) is 0.321. The second-order valence-electron chi connectivity index (χ2n) is 5.23. The molecular formula is C15H22BN3O4. The van der Waals surface area contributed by atoms with Crippen molar-refractivity contribution in [1.29, 1.82) is 10.8 Å². The third-order valence-corrected chi connectivity index (χ3v) is 3.21. The average Bonchev–Trinajstić information content (AvgIpc) is 2.49. The summed E-state index contributed by atoms with van der Waals surface area (Å²) >= 11 is 0. The van der Waals surface area contributed by atoms with E-state index < -0.39 is 5.97 Å². The number of carboxylic acid groups (broad SMARTS) is 1. The fourth-order valence-corrected chi connectivity index (χ4v) is 2.11. The number of ether oxygens (including phenoxy) is 1. The molecule has 0 bridgehead atoms. The van der Waals surface area contributed by atoms with Crippen molar-refractivity contribution >= 4 is 25.7 Å². The molecule has 7 nitrogen and oxygen atoms in total. The number of hydrogen-bond acceptors (Lipinski definition) is 6. The third-order valence-electron chi connectivity index (χ3n) is 3.21. The number of aryl methyl sites for hydroxylation is 1. The number of aromatic carboxylic acids is 1. The molecule has 0 saturated carbocycles. The number of carbonyl (C=O) groups is 1. The highest BCUT2D eigenvalue weighted by atomic mass is 16.5. The molecule has 8 heteroatoms. The maximum absolute atomic E-state index is 11.4. The molecule has 5 N–H and O–H groups in total. The zero-order valence-electron chi connectivity index (χ0n) is 13.3. The molecule has 0 amide bonds. The minimum atomic E-state index is -1.24. The second-order valence-corrected chi connectivity index (χ2v) is 5.23. The summed E-state index contributed by atoms with van der Waals surface area (Å²) in [6.07, 6.45) is 1.98.